The average molecular weight is 374 g/mol. The third kappa shape index (κ3) is 3.42. The van der Waals surface area contributed by atoms with Gasteiger partial charge in [0, 0.05) is 6.07 Å². The first-order valence-corrected chi connectivity index (χ1v) is 8.40. The SMILES string of the molecule is Nc1cc(CN2CCOc3ccc(C(F)(F)F)cc32)n(-c2ccccc2)n1. The van der Waals surface area contributed by atoms with Gasteiger partial charge in [-0.25, -0.2) is 4.68 Å². The van der Waals surface area contributed by atoms with Crippen LogP contribution >= 0.6 is 0 Å². The molecule has 0 radical (unpaired) electrons. The van der Waals surface area contributed by atoms with Crippen LogP contribution in [0.2, 0.25) is 0 Å². The summed E-state index contributed by atoms with van der Waals surface area (Å²) in [7, 11) is 0. The number of benzene rings is 2. The lowest BCUT2D eigenvalue weighted by Crippen LogP contribution is -2.33. The van der Waals surface area contributed by atoms with Gasteiger partial charge in [-0.3, -0.25) is 0 Å². The fourth-order valence-electron chi connectivity index (χ4n) is 3.15. The summed E-state index contributed by atoms with van der Waals surface area (Å²) in [6.07, 6.45) is -4.41. The number of alkyl halides is 3. The molecule has 27 heavy (non-hydrogen) atoms. The number of halogens is 3. The van der Waals surface area contributed by atoms with Crippen LogP contribution in [0.5, 0.6) is 5.75 Å². The molecule has 1 aliphatic rings. The van der Waals surface area contributed by atoms with Crippen LogP contribution in [0.4, 0.5) is 24.7 Å². The van der Waals surface area contributed by atoms with Gasteiger partial charge in [0.1, 0.15) is 18.2 Å². The smallest absolute Gasteiger partial charge is 0.416 e. The summed E-state index contributed by atoms with van der Waals surface area (Å²) in [5.74, 6) is 0.791. The lowest BCUT2D eigenvalue weighted by molar-refractivity contribution is -0.137. The molecule has 0 aliphatic carbocycles. The summed E-state index contributed by atoms with van der Waals surface area (Å²) in [4.78, 5) is 1.85. The summed E-state index contributed by atoms with van der Waals surface area (Å²) in [6.45, 7) is 1.22. The van der Waals surface area contributed by atoms with Crippen molar-refractivity contribution in [3.8, 4) is 11.4 Å². The molecule has 0 saturated carbocycles. The maximum atomic E-state index is 13.1. The lowest BCUT2D eigenvalue weighted by Gasteiger charge is -2.32. The molecule has 3 aromatic rings. The molecule has 140 valence electrons. The number of rotatable bonds is 3. The number of fused-ring (bicyclic) bond motifs is 1. The molecule has 0 amide bonds. The fourth-order valence-corrected chi connectivity index (χ4v) is 3.15. The summed E-state index contributed by atoms with van der Waals surface area (Å²) in [5.41, 5.74) is 7.20. The Labute approximate surface area is 153 Å². The second kappa shape index (κ2) is 6.53. The maximum absolute atomic E-state index is 13.1. The molecule has 4 rings (SSSR count). The first-order chi connectivity index (χ1) is 12.9. The Balaban J connectivity index is 1.70. The van der Waals surface area contributed by atoms with Crippen molar-refractivity contribution in [1.82, 2.24) is 9.78 Å². The van der Waals surface area contributed by atoms with Crippen molar-refractivity contribution in [2.24, 2.45) is 0 Å². The molecule has 2 N–H and O–H groups in total. The van der Waals surface area contributed by atoms with Crippen molar-refractivity contribution < 1.29 is 17.9 Å². The number of para-hydroxylation sites is 1. The normalized spacial score (nSPS) is 14.0. The van der Waals surface area contributed by atoms with Gasteiger partial charge in [-0.1, -0.05) is 18.2 Å². The molecule has 0 saturated heterocycles. The van der Waals surface area contributed by atoms with Crippen molar-refractivity contribution in [1.29, 1.82) is 0 Å². The summed E-state index contributed by atoms with van der Waals surface area (Å²) >= 11 is 0. The number of hydrogen-bond donors (Lipinski definition) is 1. The predicted octanol–water partition coefficient (Wildman–Crippen LogP) is 3.87. The first kappa shape index (κ1) is 17.3. The zero-order valence-corrected chi connectivity index (χ0v) is 14.3. The molecule has 5 nitrogen and oxygen atoms in total. The van der Waals surface area contributed by atoms with Crippen LogP contribution < -0.4 is 15.4 Å². The highest BCUT2D eigenvalue weighted by atomic mass is 19.4. The largest absolute Gasteiger partial charge is 0.490 e. The number of nitrogens with two attached hydrogens (primary N) is 1. The molecule has 2 aromatic carbocycles. The van der Waals surface area contributed by atoms with E-state index in [0.717, 1.165) is 23.5 Å². The highest BCUT2D eigenvalue weighted by molar-refractivity contribution is 5.62. The zero-order valence-electron chi connectivity index (χ0n) is 14.3. The molecule has 0 bridgehead atoms. The van der Waals surface area contributed by atoms with E-state index in [0.29, 0.717) is 37.0 Å². The van der Waals surface area contributed by atoms with E-state index in [9.17, 15) is 13.2 Å². The molecular weight excluding hydrogens is 357 g/mol. The highest BCUT2D eigenvalue weighted by Gasteiger charge is 2.32. The average Bonchev–Trinajstić information content (AvgIpc) is 3.02. The predicted molar refractivity (Wildman–Crippen MR) is 96.0 cm³/mol. The minimum atomic E-state index is -4.41. The second-order valence-electron chi connectivity index (χ2n) is 6.26. The number of anilines is 2. The van der Waals surface area contributed by atoms with Crippen molar-refractivity contribution in [3.05, 3.63) is 65.9 Å². The summed E-state index contributed by atoms with van der Waals surface area (Å²) in [5, 5.41) is 4.32. The molecule has 0 fully saturated rings. The Hall–Kier alpha value is -3.16. The van der Waals surface area contributed by atoms with Gasteiger partial charge in [0.2, 0.25) is 0 Å². The Kier molecular flexibility index (Phi) is 4.18. The number of aromatic nitrogens is 2. The van der Waals surface area contributed by atoms with Crippen LogP contribution in [0.25, 0.3) is 5.69 Å². The van der Waals surface area contributed by atoms with Crippen molar-refractivity contribution in [3.63, 3.8) is 0 Å². The van der Waals surface area contributed by atoms with Crippen LogP contribution in [0.1, 0.15) is 11.3 Å². The van der Waals surface area contributed by atoms with Gasteiger partial charge < -0.3 is 15.4 Å². The van der Waals surface area contributed by atoms with E-state index >= 15 is 0 Å². The fraction of sp³-hybridized carbons (Fsp3) is 0.211. The molecule has 0 spiro atoms. The van der Waals surface area contributed by atoms with Crippen LogP contribution in [0.15, 0.2) is 54.6 Å². The Morgan fingerprint density at radius 1 is 1.07 bits per heavy atom. The molecular formula is C19H17F3N4O. The Bertz CT molecular complexity index is 953. The van der Waals surface area contributed by atoms with Crippen LogP contribution in [0, 0.1) is 0 Å². The molecule has 1 aliphatic heterocycles. The number of nitrogens with zero attached hydrogens (tertiary/aromatic N) is 3. The summed E-state index contributed by atoms with van der Waals surface area (Å²) in [6, 6.07) is 14.7. The van der Waals surface area contributed by atoms with Crippen LogP contribution in [0.3, 0.4) is 0 Å². The van der Waals surface area contributed by atoms with E-state index in [1.807, 2.05) is 35.2 Å². The van der Waals surface area contributed by atoms with Gasteiger partial charge in [-0.2, -0.15) is 18.3 Å². The standard InChI is InChI=1S/C19H17F3N4O/c20-19(21,22)13-6-7-17-16(10-13)25(8-9-27-17)12-15-11-18(23)24-26(15)14-4-2-1-3-5-14/h1-7,10-11H,8-9,12H2,(H2,23,24). The number of hydrogen-bond acceptors (Lipinski definition) is 4. The van der Waals surface area contributed by atoms with Crippen molar-refractivity contribution in [2.45, 2.75) is 12.7 Å². The highest BCUT2D eigenvalue weighted by Crippen LogP contribution is 2.38. The molecule has 1 aromatic heterocycles. The van der Waals surface area contributed by atoms with Crippen LogP contribution in [-0.2, 0) is 12.7 Å². The van der Waals surface area contributed by atoms with Gasteiger partial charge in [-0.15, -0.1) is 0 Å². The maximum Gasteiger partial charge on any atom is 0.416 e. The van der Waals surface area contributed by atoms with Gasteiger partial charge in [-0.05, 0) is 30.3 Å². The monoisotopic (exact) mass is 374 g/mol. The molecule has 2 heterocycles. The van der Waals surface area contributed by atoms with Gasteiger partial charge in [0.15, 0.2) is 0 Å². The van der Waals surface area contributed by atoms with E-state index in [1.165, 1.54) is 6.07 Å². The van der Waals surface area contributed by atoms with Crippen LogP contribution in [-0.4, -0.2) is 22.9 Å². The Morgan fingerprint density at radius 3 is 2.59 bits per heavy atom. The number of nitrogen functional groups attached to an aromatic ring is 1. The number of ether oxygens (including phenoxy) is 1. The minimum absolute atomic E-state index is 0.353. The van der Waals surface area contributed by atoms with E-state index < -0.39 is 11.7 Å². The van der Waals surface area contributed by atoms with Gasteiger partial charge in [0.05, 0.1) is 35.7 Å². The van der Waals surface area contributed by atoms with Crippen molar-refractivity contribution >= 4 is 11.5 Å². The van der Waals surface area contributed by atoms with E-state index in [2.05, 4.69) is 5.10 Å². The van der Waals surface area contributed by atoms with Gasteiger partial charge >= 0.3 is 6.18 Å². The van der Waals surface area contributed by atoms with E-state index in [-0.39, 0.29) is 0 Å². The zero-order chi connectivity index (χ0) is 19.0. The second-order valence-corrected chi connectivity index (χ2v) is 6.26. The topological polar surface area (TPSA) is 56.3 Å². The molecule has 0 atom stereocenters. The van der Waals surface area contributed by atoms with E-state index in [4.69, 9.17) is 10.5 Å². The lowest BCUT2D eigenvalue weighted by atomic mass is 10.1. The quantitative estimate of drug-likeness (QED) is 0.756. The third-order valence-corrected chi connectivity index (χ3v) is 4.40. The third-order valence-electron chi connectivity index (χ3n) is 4.40. The van der Waals surface area contributed by atoms with Crippen molar-refractivity contribution in [2.75, 3.05) is 23.8 Å². The van der Waals surface area contributed by atoms with Gasteiger partial charge in [0.25, 0.3) is 0 Å². The minimum Gasteiger partial charge on any atom is -0.490 e. The first-order valence-electron chi connectivity index (χ1n) is 8.40. The Morgan fingerprint density at radius 2 is 1.85 bits per heavy atom. The van der Waals surface area contributed by atoms with E-state index in [1.54, 1.807) is 10.7 Å². The molecule has 8 heteroatoms. The molecule has 0 unspecified atom stereocenters. The summed E-state index contributed by atoms with van der Waals surface area (Å²) < 4.78 is 46.6.